The van der Waals surface area contributed by atoms with Gasteiger partial charge >= 0.3 is 0 Å². The lowest BCUT2D eigenvalue weighted by atomic mass is 9.94. The highest BCUT2D eigenvalue weighted by Crippen LogP contribution is 2.36. The van der Waals surface area contributed by atoms with Gasteiger partial charge in [-0.15, -0.1) is 0 Å². The molecule has 3 aromatic rings. The van der Waals surface area contributed by atoms with Crippen molar-refractivity contribution in [1.29, 1.82) is 0 Å². The Labute approximate surface area is 183 Å². The Bertz CT molecular complexity index is 1030. The average molecular weight is 452 g/mol. The number of halogens is 1. The first kappa shape index (κ1) is 20.5. The third-order valence-electron chi connectivity index (χ3n) is 6.24. The lowest BCUT2D eigenvalue weighted by Crippen LogP contribution is -2.33. The van der Waals surface area contributed by atoms with Gasteiger partial charge in [-0.3, -0.25) is 4.57 Å². The number of hydrogen-bond donors (Lipinski definition) is 0. The van der Waals surface area contributed by atoms with Crippen LogP contribution < -0.4 is 4.90 Å². The van der Waals surface area contributed by atoms with Crippen molar-refractivity contribution in [3.8, 4) is 5.69 Å². The summed E-state index contributed by atoms with van der Waals surface area (Å²) in [7, 11) is 0. The second-order valence-electron chi connectivity index (χ2n) is 8.70. The molecule has 0 saturated carbocycles. The summed E-state index contributed by atoms with van der Waals surface area (Å²) in [6, 6.07) is 8.91. The molecule has 0 atom stereocenters. The van der Waals surface area contributed by atoms with Crippen molar-refractivity contribution in [2.45, 2.75) is 52.9 Å². The summed E-state index contributed by atoms with van der Waals surface area (Å²) in [4.78, 5) is 7.48. The molecule has 152 valence electrons. The van der Waals surface area contributed by atoms with E-state index in [1.807, 2.05) is 0 Å². The molecule has 0 bridgehead atoms. The van der Waals surface area contributed by atoms with Crippen molar-refractivity contribution in [3.05, 3.63) is 58.7 Å². The Morgan fingerprint density at radius 3 is 2.48 bits per heavy atom. The van der Waals surface area contributed by atoms with Crippen LogP contribution in [0.2, 0.25) is 0 Å². The first-order valence-corrected chi connectivity index (χ1v) is 11.4. The van der Waals surface area contributed by atoms with Crippen molar-refractivity contribution in [2.24, 2.45) is 5.92 Å². The normalized spacial score (nSPS) is 15.6. The largest absolute Gasteiger partial charge is 0.371 e. The number of pyridine rings is 1. The summed E-state index contributed by atoms with van der Waals surface area (Å²) in [6.45, 7) is 16.8. The van der Waals surface area contributed by atoms with Crippen LogP contribution in [0, 0.1) is 26.7 Å². The summed E-state index contributed by atoms with van der Waals surface area (Å²) < 4.78 is 3.34. The lowest BCUT2D eigenvalue weighted by molar-refractivity contribution is 0.409. The number of rotatable bonds is 4. The quantitative estimate of drug-likeness (QED) is 0.432. The molecule has 2 aromatic heterocycles. The molecule has 3 heterocycles. The fourth-order valence-electron chi connectivity index (χ4n) is 4.43. The van der Waals surface area contributed by atoms with E-state index in [1.54, 1.807) is 0 Å². The van der Waals surface area contributed by atoms with Crippen LogP contribution in [0.5, 0.6) is 0 Å². The Morgan fingerprint density at radius 2 is 1.86 bits per heavy atom. The number of piperidine rings is 1. The fourth-order valence-corrected chi connectivity index (χ4v) is 5.02. The molecule has 1 saturated heterocycles. The second kappa shape index (κ2) is 8.14. The predicted molar refractivity (Wildman–Crippen MR) is 126 cm³/mol. The molecule has 4 heteroatoms. The van der Waals surface area contributed by atoms with Gasteiger partial charge in [0.2, 0.25) is 0 Å². The van der Waals surface area contributed by atoms with Crippen molar-refractivity contribution in [2.75, 3.05) is 18.0 Å². The minimum absolute atomic E-state index is 0.506. The summed E-state index contributed by atoms with van der Waals surface area (Å²) in [5, 5.41) is 1.27. The molecule has 1 fully saturated rings. The highest BCUT2D eigenvalue weighted by molar-refractivity contribution is 9.10. The first-order valence-electron chi connectivity index (χ1n) is 10.6. The number of anilines is 1. The van der Waals surface area contributed by atoms with Crippen molar-refractivity contribution >= 4 is 32.7 Å². The highest BCUT2D eigenvalue weighted by Gasteiger charge is 2.23. The molecule has 3 nitrogen and oxygen atoms in total. The maximum atomic E-state index is 5.90. The molecule has 0 unspecified atom stereocenters. The number of aryl methyl sites for hydroxylation is 2. The third-order valence-corrected chi connectivity index (χ3v) is 6.87. The second-order valence-corrected chi connectivity index (χ2v) is 9.55. The summed E-state index contributed by atoms with van der Waals surface area (Å²) >= 11 is 3.80. The zero-order valence-corrected chi connectivity index (χ0v) is 19.5. The smallest absolute Gasteiger partial charge is 0.147 e. The zero-order valence-electron chi connectivity index (χ0n) is 17.9. The van der Waals surface area contributed by atoms with Gasteiger partial charge in [-0.2, -0.15) is 0 Å². The molecule has 1 aliphatic rings. The summed E-state index contributed by atoms with van der Waals surface area (Å²) in [6.07, 6.45) is 5.36. The molecule has 1 aliphatic heterocycles. The summed E-state index contributed by atoms with van der Waals surface area (Å²) in [5.74, 6) is 1.16. The van der Waals surface area contributed by atoms with Crippen LogP contribution in [0.25, 0.3) is 16.7 Å². The zero-order chi connectivity index (χ0) is 20.7. The predicted octanol–water partition coefficient (Wildman–Crippen LogP) is 6.85. The van der Waals surface area contributed by atoms with Crippen molar-refractivity contribution < 1.29 is 0 Å². The van der Waals surface area contributed by atoms with Crippen LogP contribution >= 0.6 is 15.9 Å². The number of hydrogen-bond acceptors (Lipinski definition) is 2. The molecule has 0 amide bonds. The van der Waals surface area contributed by atoms with E-state index in [0.717, 1.165) is 41.0 Å². The molecule has 1 aromatic carbocycles. The van der Waals surface area contributed by atoms with Gasteiger partial charge in [-0.1, -0.05) is 19.9 Å². The van der Waals surface area contributed by atoms with Crippen LogP contribution in [0.1, 0.15) is 55.8 Å². The van der Waals surface area contributed by atoms with Crippen LogP contribution in [0.3, 0.4) is 0 Å². The van der Waals surface area contributed by atoms with Gasteiger partial charge < -0.3 is 4.90 Å². The Morgan fingerprint density at radius 1 is 1.14 bits per heavy atom. The van der Waals surface area contributed by atoms with Gasteiger partial charge in [0.05, 0.1) is 5.69 Å². The van der Waals surface area contributed by atoms with E-state index >= 15 is 0 Å². The molecule has 29 heavy (non-hydrogen) atoms. The van der Waals surface area contributed by atoms with Crippen molar-refractivity contribution in [3.63, 3.8) is 0 Å². The van der Waals surface area contributed by atoms with Gasteiger partial charge in [-0.05, 0) is 97.1 Å². The van der Waals surface area contributed by atoms with Gasteiger partial charge in [0.25, 0.3) is 0 Å². The summed E-state index contributed by atoms with van der Waals surface area (Å²) in [5.41, 5.74) is 7.15. The van der Waals surface area contributed by atoms with Crippen LogP contribution in [0.4, 0.5) is 5.69 Å². The van der Waals surface area contributed by atoms with E-state index in [-0.39, 0.29) is 0 Å². The number of nitrogens with zero attached hydrogens (tertiary/aromatic N) is 3. The van der Waals surface area contributed by atoms with Gasteiger partial charge in [-0.25, -0.2) is 4.98 Å². The first-order chi connectivity index (χ1) is 13.9. The Balaban J connectivity index is 1.82. The van der Waals surface area contributed by atoms with Gasteiger partial charge in [0.1, 0.15) is 5.65 Å². The fraction of sp³-hybridized carbons (Fsp3) is 0.440. The number of aromatic nitrogens is 2. The monoisotopic (exact) mass is 451 g/mol. The van der Waals surface area contributed by atoms with E-state index in [9.17, 15) is 0 Å². The van der Waals surface area contributed by atoms with Gasteiger partial charge in [0, 0.05) is 40.5 Å². The maximum Gasteiger partial charge on any atom is 0.147 e. The van der Waals surface area contributed by atoms with Crippen molar-refractivity contribution in [1.82, 2.24) is 9.55 Å². The molecule has 2 radical (unpaired) electrons. The Hall–Kier alpha value is -1.81. The van der Waals surface area contributed by atoms with Crippen LogP contribution in [-0.2, 0) is 0 Å². The lowest BCUT2D eigenvalue weighted by Gasteiger charge is -2.34. The van der Waals surface area contributed by atoms with Crippen LogP contribution in [0.15, 0.2) is 34.9 Å². The topological polar surface area (TPSA) is 21.1 Å². The molecular formula is C25H30BrN3. The standard InChI is InChI=1S/C25H30BrN3/c1-6-19-9-11-28(12-10-19)23-13-18(5)27-25-24(23)17(4)15-29(25)22-8-7-20(16(2)3)14-21(22)26/h1,7-8,13-16,19H,6,9-12H2,2-5H3. The third kappa shape index (κ3) is 3.84. The van der Waals surface area contributed by atoms with E-state index < -0.39 is 0 Å². The van der Waals surface area contributed by atoms with E-state index in [1.165, 1.54) is 35.0 Å². The SMILES string of the molecule is [CH]CC1CCN(c2cc(C)nc3c2c(C)cn3-c2ccc(C(C)C)cc2Br)CC1. The van der Waals surface area contributed by atoms with E-state index in [2.05, 4.69) is 83.6 Å². The number of benzene rings is 1. The molecule has 0 N–H and O–H groups in total. The highest BCUT2D eigenvalue weighted by atomic mass is 79.9. The van der Waals surface area contributed by atoms with E-state index in [0.29, 0.717) is 11.8 Å². The minimum Gasteiger partial charge on any atom is -0.371 e. The van der Waals surface area contributed by atoms with E-state index in [4.69, 9.17) is 11.9 Å². The van der Waals surface area contributed by atoms with Gasteiger partial charge in [0.15, 0.2) is 0 Å². The van der Waals surface area contributed by atoms with Crippen LogP contribution in [-0.4, -0.2) is 22.6 Å². The molecule has 4 rings (SSSR count). The minimum atomic E-state index is 0.506. The molecular weight excluding hydrogens is 422 g/mol. The maximum absolute atomic E-state index is 5.90. The Kier molecular flexibility index (Phi) is 5.74. The molecule has 0 spiro atoms. The molecule has 0 aliphatic carbocycles. The average Bonchev–Trinajstić information content (AvgIpc) is 3.03. The number of fused-ring (bicyclic) bond motifs is 1.